The van der Waals surface area contributed by atoms with E-state index < -0.39 is 0 Å². The summed E-state index contributed by atoms with van der Waals surface area (Å²) in [7, 11) is 0. The van der Waals surface area contributed by atoms with Crippen molar-refractivity contribution >= 4 is 17.4 Å². The van der Waals surface area contributed by atoms with Gasteiger partial charge in [0, 0.05) is 5.25 Å². The summed E-state index contributed by atoms with van der Waals surface area (Å²) in [5, 5.41) is 0.668. The highest BCUT2D eigenvalue weighted by molar-refractivity contribution is 7.99. The average Bonchev–Trinajstić information content (AvgIpc) is 2.16. The van der Waals surface area contributed by atoms with E-state index in [4.69, 9.17) is 5.73 Å². The average molecular weight is 197 g/mol. The van der Waals surface area contributed by atoms with Gasteiger partial charge in [-0.25, -0.2) is 9.97 Å². The molecule has 0 saturated heterocycles. The van der Waals surface area contributed by atoms with Crippen LogP contribution in [0.1, 0.15) is 26.1 Å². The molecule has 0 aliphatic carbocycles. The van der Waals surface area contributed by atoms with Gasteiger partial charge < -0.3 is 5.73 Å². The number of thioether (sulfide) groups is 1. The second kappa shape index (κ2) is 5.07. The largest absolute Gasteiger partial charge is 0.396 e. The molecule has 0 spiro atoms. The zero-order chi connectivity index (χ0) is 9.68. The molecule has 0 aliphatic heterocycles. The molecule has 0 fully saturated rings. The molecule has 0 aliphatic rings. The molecular formula is C9H15N3S. The Hall–Kier alpha value is -0.770. The third-order valence-electron chi connectivity index (χ3n) is 1.80. The summed E-state index contributed by atoms with van der Waals surface area (Å²) < 4.78 is 0. The Morgan fingerprint density at radius 1 is 1.46 bits per heavy atom. The molecule has 1 aromatic heterocycles. The molecule has 0 radical (unpaired) electrons. The Balaban J connectivity index is 2.41. The molecule has 0 saturated carbocycles. The van der Waals surface area contributed by atoms with Crippen molar-refractivity contribution in [3.05, 3.63) is 18.2 Å². The topological polar surface area (TPSA) is 51.8 Å². The predicted octanol–water partition coefficient (Wildman–Crippen LogP) is 2.09. The molecule has 2 N–H and O–H groups in total. The van der Waals surface area contributed by atoms with Crippen molar-refractivity contribution < 1.29 is 0 Å². The normalized spacial score (nSPS) is 12.8. The molecule has 1 aromatic rings. The lowest BCUT2D eigenvalue weighted by molar-refractivity contribution is 0.901. The van der Waals surface area contributed by atoms with Crippen LogP contribution in [0, 0.1) is 0 Å². The maximum Gasteiger partial charge on any atom is 0.138 e. The van der Waals surface area contributed by atoms with Crippen molar-refractivity contribution in [2.75, 3.05) is 5.73 Å². The highest BCUT2D eigenvalue weighted by atomic mass is 32.2. The molecule has 4 heteroatoms. The van der Waals surface area contributed by atoms with Gasteiger partial charge in [-0.1, -0.05) is 13.8 Å². The van der Waals surface area contributed by atoms with Crippen molar-refractivity contribution in [2.45, 2.75) is 31.3 Å². The van der Waals surface area contributed by atoms with Gasteiger partial charge in [0.25, 0.3) is 0 Å². The lowest BCUT2D eigenvalue weighted by Crippen LogP contribution is -1.98. The molecule has 1 unspecified atom stereocenters. The second-order valence-electron chi connectivity index (χ2n) is 2.96. The number of aromatic nitrogens is 2. The molecule has 0 amide bonds. The zero-order valence-electron chi connectivity index (χ0n) is 8.03. The van der Waals surface area contributed by atoms with Crippen LogP contribution in [0.4, 0.5) is 5.69 Å². The fourth-order valence-corrected chi connectivity index (χ4v) is 1.59. The predicted molar refractivity (Wildman–Crippen MR) is 57.5 cm³/mol. The van der Waals surface area contributed by atoms with E-state index in [1.807, 2.05) is 11.8 Å². The summed E-state index contributed by atoms with van der Waals surface area (Å²) >= 11 is 1.87. The number of nitrogens with zero attached hydrogens (tertiary/aromatic N) is 2. The van der Waals surface area contributed by atoms with Crippen molar-refractivity contribution in [2.24, 2.45) is 0 Å². The van der Waals surface area contributed by atoms with E-state index in [0.717, 1.165) is 11.6 Å². The van der Waals surface area contributed by atoms with E-state index in [9.17, 15) is 0 Å². The van der Waals surface area contributed by atoms with Gasteiger partial charge in [-0.05, 0) is 6.42 Å². The number of nitrogen functional groups attached to an aromatic ring is 1. The SMILES string of the molecule is CCC(C)SCc1ncc(N)cn1. The Morgan fingerprint density at radius 2 is 2.08 bits per heavy atom. The van der Waals surface area contributed by atoms with Crippen molar-refractivity contribution in [1.29, 1.82) is 0 Å². The van der Waals surface area contributed by atoms with E-state index in [1.54, 1.807) is 12.4 Å². The van der Waals surface area contributed by atoms with Crippen LogP contribution in [0.25, 0.3) is 0 Å². The number of nitrogens with two attached hydrogens (primary N) is 1. The van der Waals surface area contributed by atoms with Gasteiger partial charge in [-0.3, -0.25) is 0 Å². The summed E-state index contributed by atoms with van der Waals surface area (Å²) in [6, 6.07) is 0. The third kappa shape index (κ3) is 3.63. The molecule has 0 bridgehead atoms. The number of anilines is 1. The fraction of sp³-hybridized carbons (Fsp3) is 0.556. The first kappa shape index (κ1) is 10.3. The van der Waals surface area contributed by atoms with Crippen LogP contribution in [0.5, 0.6) is 0 Å². The number of hydrogen-bond donors (Lipinski definition) is 1. The smallest absolute Gasteiger partial charge is 0.138 e. The Kier molecular flexibility index (Phi) is 4.02. The van der Waals surface area contributed by atoms with Gasteiger partial charge in [0.1, 0.15) is 5.82 Å². The van der Waals surface area contributed by atoms with E-state index in [1.165, 1.54) is 6.42 Å². The van der Waals surface area contributed by atoms with Crippen LogP contribution < -0.4 is 5.73 Å². The van der Waals surface area contributed by atoms with Gasteiger partial charge >= 0.3 is 0 Å². The van der Waals surface area contributed by atoms with E-state index in [0.29, 0.717) is 10.9 Å². The molecule has 13 heavy (non-hydrogen) atoms. The van der Waals surface area contributed by atoms with Crippen molar-refractivity contribution in [3.8, 4) is 0 Å². The second-order valence-corrected chi connectivity index (χ2v) is 4.39. The molecule has 1 heterocycles. The monoisotopic (exact) mass is 197 g/mol. The summed E-state index contributed by atoms with van der Waals surface area (Å²) in [5.74, 6) is 1.73. The Morgan fingerprint density at radius 3 is 2.62 bits per heavy atom. The molecule has 1 rings (SSSR count). The summed E-state index contributed by atoms with van der Waals surface area (Å²) in [5.41, 5.74) is 6.10. The molecule has 0 aromatic carbocycles. The highest BCUT2D eigenvalue weighted by Crippen LogP contribution is 2.17. The van der Waals surface area contributed by atoms with Crippen LogP contribution in [0.3, 0.4) is 0 Å². The zero-order valence-corrected chi connectivity index (χ0v) is 8.84. The van der Waals surface area contributed by atoms with Gasteiger partial charge in [0.05, 0.1) is 23.8 Å². The van der Waals surface area contributed by atoms with Crippen LogP contribution in [0.15, 0.2) is 12.4 Å². The minimum atomic E-state index is 0.622. The van der Waals surface area contributed by atoms with Crippen molar-refractivity contribution in [3.63, 3.8) is 0 Å². The lowest BCUT2D eigenvalue weighted by atomic mass is 10.4. The number of hydrogen-bond acceptors (Lipinski definition) is 4. The van der Waals surface area contributed by atoms with Crippen LogP contribution in [-0.4, -0.2) is 15.2 Å². The van der Waals surface area contributed by atoms with Gasteiger partial charge in [-0.15, -0.1) is 0 Å². The van der Waals surface area contributed by atoms with E-state index in [2.05, 4.69) is 23.8 Å². The number of rotatable bonds is 4. The van der Waals surface area contributed by atoms with Crippen LogP contribution >= 0.6 is 11.8 Å². The fourth-order valence-electron chi connectivity index (χ4n) is 0.774. The maximum absolute atomic E-state index is 5.48. The first-order chi connectivity index (χ1) is 6.22. The highest BCUT2D eigenvalue weighted by Gasteiger charge is 2.01. The first-order valence-electron chi connectivity index (χ1n) is 4.40. The minimum absolute atomic E-state index is 0.622. The molecule has 72 valence electrons. The quantitative estimate of drug-likeness (QED) is 0.803. The van der Waals surface area contributed by atoms with Crippen molar-refractivity contribution in [1.82, 2.24) is 9.97 Å². The summed E-state index contributed by atoms with van der Waals surface area (Å²) in [4.78, 5) is 8.26. The Bertz CT molecular complexity index is 248. The standard InChI is InChI=1S/C9H15N3S/c1-3-7(2)13-6-9-11-4-8(10)5-12-9/h4-5,7H,3,6,10H2,1-2H3. The van der Waals surface area contributed by atoms with Gasteiger partial charge in [0.2, 0.25) is 0 Å². The van der Waals surface area contributed by atoms with Gasteiger partial charge in [0.15, 0.2) is 0 Å². The lowest BCUT2D eigenvalue weighted by Gasteiger charge is -2.06. The third-order valence-corrected chi connectivity index (χ3v) is 3.12. The van der Waals surface area contributed by atoms with Gasteiger partial charge in [-0.2, -0.15) is 11.8 Å². The maximum atomic E-state index is 5.48. The molecule has 1 atom stereocenters. The summed E-state index contributed by atoms with van der Waals surface area (Å²) in [6.45, 7) is 4.39. The Labute approximate surface area is 83.2 Å². The molecule has 3 nitrogen and oxygen atoms in total. The van der Waals surface area contributed by atoms with Crippen LogP contribution in [0.2, 0.25) is 0 Å². The molecular weight excluding hydrogens is 182 g/mol. The minimum Gasteiger partial charge on any atom is -0.396 e. The van der Waals surface area contributed by atoms with E-state index >= 15 is 0 Å². The first-order valence-corrected chi connectivity index (χ1v) is 5.45. The van der Waals surface area contributed by atoms with Crippen LogP contribution in [-0.2, 0) is 5.75 Å². The summed E-state index contributed by atoms with van der Waals surface area (Å²) in [6.07, 6.45) is 4.48. The van der Waals surface area contributed by atoms with E-state index in [-0.39, 0.29) is 0 Å².